The Kier molecular flexibility index (Phi) is 10.7. The highest BCUT2D eigenvalue weighted by Crippen LogP contribution is 2.39. The average molecular weight is 547 g/mol. The van der Waals surface area contributed by atoms with Gasteiger partial charge in [-0.1, -0.05) is 112 Å². The normalized spacial score (nSPS) is 12.1. The van der Waals surface area contributed by atoms with E-state index in [-0.39, 0.29) is 37.7 Å². The van der Waals surface area contributed by atoms with Crippen molar-refractivity contribution in [3.63, 3.8) is 0 Å². The van der Waals surface area contributed by atoms with E-state index in [0.717, 1.165) is 15.9 Å². The van der Waals surface area contributed by atoms with E-state index in [4.69, 9.17) is 13.9 Å². The van der Waals surface area contributed by atoms with Gasteiger partial charge in [-0.2, -0.15) is 0 Å². The first-order valence-corrected chi connectivity index (χ1v) is 15.8. The van der Waals surface area contributed by atoms with Crippen LogP contribution in [0.5, 0.6) is 0 Å². The van der Waals surface area contributed by atoms with Crippen LogP contribution in [0.2, 0.25) is 5.04 Å². The van der Waals surface area contributed by atoms with Crippen LogP contribution >= 0.6 is 0 Å². The smallest absolute Gasteiger partial charge is 0.323 e. The Labute approximate surface area is 234 Å². The number of ether oxygens (including phenoxy) is 2. The molecule has 3 rings (SSSR count). The highest BCUT2D eigenvalue weighted by atomic mass is 28.4. The minimum absolute atomic E-state index is 0.169. The Morgan fingerprint density at radius 1 is 0.667 bits per heavy atom. The van der Waals surface area contributed by atoms with Gasteiger partial charge in [0.15, 0.2) is 5.41 Å². The molecule has 3 aromatic rings. The summed E-state index contributed by atoms with van der Waals surface area (Å²) in [5.41, 5.74) is -0.420. The number of hydrogen-bond acceptors (Lipinski definition) is 5. The molecule has 0 bridgehead atoms. The van der Waals surface area contributed by atoms with Crippen LogP contribution in [0.15, 0.2) is 91.0 Å². The van der Waals surface area contributed by atoms with Crippen molar-refractivity contribution in [3.8, 4) is 0 Å². The molecule has 0 N–H and O–H groups in total. The van der Waals surface area contributed by atoms with E-state index in [9.17, 15) is 9.59 Å². The molecule has 0 spiro atoms. The molecule has 208 valence electrons. The molecule has 3 aromatic carbocycles. The molecule has 0 amide bonds. The van der Waals surface area contributed by atoms with Gasteiger partial charge in [0.1, 0.15) is 0 Å². The van der Waals surface area contributed by atoms with Crippen molar-refractivity contribution in [3.05, 3.63) is 96.6 Å². The van der Waals surface area contributed by atoms with Crippen LogP contribution in [0.1, 0.15) is 53.0 Å². The van der Waals surface area contributed by atoms with Gasteiger partial charge in [-0.15, -0.1) is 0 Å². The Hall–Kier alpha value is -3.22. The third-order valence-electron chi connectivity index (χ3n) is 7.28. The molecule has 0 aromatic heterocycles. The van der Waals surface area contributed by atoms with Crippen LogP contribution in [0.3, 0.4) is 0 Å². The molecule has 6 heteroatoms. The zero-order valence-electron chi connectivity index (χ0n) is 23.9. The second-order valence-corrected chi connectivity index (χ2v) is 15.1. The summed E-state index contributed by atoms with van der Waals surface area (Å²) in [6, 6.07) is 30.5. The predicted molar refractivity (Wildman–Crippen MR) is 159 cm³/mol. The van der Waals surface area contributed by atoms with E-state index >= 15 is 0 Å². The molecule has 0 aliphatic heterocycles. The predicted octanol–water partition coefficient (Wildman–Crippen LogP) is 5.70. The summed E-state index contributed by atoms with van der Waals surface area (Å²) in [7, 11) is -2.85. The lowest BCUT2D eigenvalue weighted by Gasteiger charge is -2.43. The molecule has 0 heterocycles. The molecule has 5 nitrogen and oxygen atoms in total. The summed E-state index contributed by atoms with van der Waals surface area (Å²) in [4.78, 5) is 27.1. The van der Waals surface area contributed by atoms with Gasteiger partial charge in [-0.05, 0) is 54.1 Å². The Bertz CT molecular complexity index is 1120. The van der Waals surface area contributed by atoms with Crippen LogP contribution in [-0.2, 0) is 29.9 Å². The van der Waals surface area contributed by atoms with Crippen molar-refractivity contribution in [1.29, 1.82) is 0 Å². The lowest BCUT2D eigenvalue weighted by Crippen LogP contribution is -2.66. The zero-order valence-corrected chi connectivity index (χ0v) is 24.9. The SMILES string of the molecule is CCOC(=O)C(CCO[Si](c1ccccc1)(c1ccccc1)C(C)(C)C)(CCc1ccccc1)C(=O)OCC. The van der Waals surface area contributed by atoms with E-state index in [2.05, 4.69) is 45.0 Å². The van der Waals surface area contributed by atoms with E-state index in [0.29, 0.717) is 6.42 Å². The first kappa shape index (κ1) is 30.3. The number of carbonyl (C=O) groups is 2. The summed E-state index contributed by atoms with van der Waals surface area (Å²) in [5, 5.41) is 2.06. The third kappa shape index (κ3) is 6.86. The zero-order chi connectivity index (χ0) is 28.4. The Balaban J connectivity index is 2.03. The number of benzene rings is 3. The minimum Gasteiger partial charge on any atom is -0.465 e. The summed E-state index contributed by atoms with van der Waals surface area (Å²) in [5.74, 6) is -1.10. The summed E-state index contributed by atoms with van der Waals surface area (Å²) in [6.07, 6.45) is 0.985. The van der Waals surface area contributed by atoms with Crippen LogP contribution in [0.4, 0.5) is 0 Å². The second kappa shape index (κ2) is 13.7. The van der Waals surface area contributed by atoms with Crippen LogP contribution in [0, 0.1) is 5.41 Å². The molecule has 0 unspecified atom stereocenters. The number of rotatable bonds is 13. The van der Waals surface area contributed by atoms with Crippen LogP contribution in [0.25, 0.3) is 0 Å². The monoisotopic (exact) mass is 546 g/mol. The lowest BCUT2D eigenvalue weighted by molar-refractivity contribution is -0.174. The van der Waals surface area contributed by atoms with E-state index in [1.54, 1.807) is 13.8 Å². The lowest BCUT2D eigenvalue weighted by atomic mass is 9.79. The van der Waals surface area contributed by atoms with Crippen LogP contribution in [-0.4, -0.2) is 40.1 Å². The number of hydrogen-bond donors (Lipinski definition) is 0. The summed E-state index contributed by atoms with van der Waals surface area (Å²) in [6.45, 7) is 10.7. The quantitative estimate of drug-likeness (QED) is 0.156. The fourth-order valence-electron chi connectivity index (χ4n) is 5.30. The first-order chi connectivity index (χ1) is 18.7. The molecule has 0 fully saturated rings. The summed E-state index contributed by atoms with van der Waals surface area (Å²) < 4.78 is 18.1. The van der Waals surface area contributed by atoms with Gasteiger partial charge in [-0.25, -0.2) is 0 Å². The highest BCUT2D eigenvalue weighted by Gasteiger charge is 2.52. The van der Waals surface area contributed by atoms with Gasteiger partial charge in [-0.3, -0.25) is 9.59 Å². The van der Waals surface area contributed by atoms with Crippen molar-refractivity contribution in [1.82, 2.24) is 0 Å². The largest absolute Gasteiger partial charge is 0.465 e. The van der Waals surface area contributed by atoms with Gasteiger partial charge >= 0.3 is 11.9 Å². The van der Waals surface area contributed by atoms with Crippen molar-refractivity contribution in [2.24, 2.45) is 5.41 Å². The molecule has 0 saturated carbocycles. The first-order valence-electron chi connectivity index (χ1n) is 13.8. The van der Waals surface area contributed by atoms with E-state index < -0.39 is 25.7 Å². The second-order valence-electron chi connectivity index (χ2n) is 10.8. The van der Waals surface area contributed by atoms with E-state index in [1.165, 1.54) is 0 Å². The van der Waals surface area contributed by atoms with Crippen molar-refractivity contribution >= 4 is 30.6 Å². The molecule has 0 atom stereocenters. The maximum Gasteiger partial charge on any atom is 0.323 e. The van der Waals surface area contributed by atoms with Crippen molar-refractivity contribution in [2.45, 2.75) is 58.9 Å². The fourth-order valence-corrected chi connectivity index (χ4v) is 9.86. The number of carbonyl (C=O) groups excluding carboxylic acids is 2. The van der Waals surface area contributed by atoms with Crippen LogP contribution < -0.4 is 10.4 Å². The fraction of sp³-hybridized carbons (Fsp3) is 0.394. The highest BCUT2D eigenvalue weighted by molar-refractivity contribution is 6.99. The van der Waals surface area contributed by atoms with Crippen molar-refractivity contribution in [2.75, 3.05) is 19.8 Å². The minimum atomic E-state index is -2.85. The Morgan fingerprint density at radius 3 is 1.51 bits per heavy atom. The molecule has 0 aliphatic carbocycles. The maximum atomic E-state index is 13.5. The molecule has 0 saturated heterocycles. The molecule has 39 heavy (non-hydrogen) atoms. The third-order valence-corrected chi connectivity index (χ3v) is 12.3. The van der Waals surface area contributed by atoms with E-state index in [1.807, 2.05) is 66.7 Å². The maximum absolute atomic E-state index is 13.5. The molecule has 0 radical (unpaired) electrons. The average Bonchev–Trinajstić information content (AvgIpc) is 2.94. The van der Waals surface area contributed by atoms with Gasteiger partial charge in [0.2, 0.25) is 0 Å². The Morgan fingerprint density at radius 2 is 1.10 bits per heavy atom. The van der Waals surface area contributed by atoms with Gasteiger partial charge < -0.3 is 13.9 Å². The molecule has 0 aliphatic rings. The van der Waals surface area contributed by atoms with Gasteiger partial charge in [0, 0.05) is 6.61 Å². The number of aryl methyl sites for hydroxylation is 1. The van der Waals surface area contributed by atoms with Gasteiger partial charge in [0.05, 0.1) is 13.2 Å². The van der Waals surface area contributed by atoms with Gasteiger partial charge in [0.25, 0.3) is 8.32 Å². The molecular formula is C33H42O5Si. The standard InChI is InChI=1S/C33H42O5Si/c1-6-36-30(34)33(31(35)37-7-2,24-23-27-17-11-8-12-18-27)25-26-38-39(32(3,4)5,28-19-13-9-14-20-28)29-21-15-10-16-22-29/h8-22H,6-7,23-26H2,1-5H3. The molecular weight excluding hydrogens is 504 g/mol. The summed E-state index contributed by atoms with van der Waals surface area (Å²) >= 11 is 0. The topological polar surface area (TPSA) is 61.8 Å². The number of esters is 2. The van der Waals surface area contributed by atoms with Crippen molar-refractivity contribution < 1.29 is 23.5 Å².